The van der Waals surface area contributed by atoms with Gasteiger partial charge >= 0.3 is 0 Å². The van der Waals surface area contributed by atoms with Crippen LogP contribution in [0.25, 0.3) is 10.6 Å². The quantitative estimate of drug-likeness (QED) is 0.649. The lowest BCUT2D eigenvalue weighted by atomic mass is 9.83. The Hall–Kier alpha value is -2.36. The first kappa shape index (κ1) is 22.4. The van der Waals surface area contributed by atoms with Gasteiger partial charge in [-0.2, -0.15) is 0 Å². The molecule has 0 aromatic carbocycles. The number of amides is 2. The summed E-state index contributed by atoms with van der Waals surface area (Å²) in [4.78, 5) is 50.4. The Labute approximate surface area is 200 Å². The van der Waals surface area contributed by atoms with Gasteiger partial charge < -0.3 is 15.0 Å². The maximum Gasteiger partial charge on any atom is 0.262 e. The van der Waals surface area contributed by atoms with Gasteiger partial charge in [0.25, 0.3) is 5.91 Å². The SMILES string of the molecule is O=C(N[C@H](C(=O)N1C[C@H](Cl)[C@H]2OCC(=O)[C@H]21)C1CCCCC1)c1ccc(-c2ccncn2)s1. The lowest BCUT2D eigenvalue weighted by Gasteiger charge is -2.34. The zero-order valence-corrected chi connectivity index (χ0v) is 19.6. The molecule has 2 aliphatic heterocycles. The molecular weight excluding hydrogens is 464 g/mol. The Kier molecular flexibility index (Phi) is 6.44. The number of nitrogens with one attached hydrogen (secondary N) is 1. The molecule has 2 aromatic heterocycles. The molecule has 0 spiro atoms. The molecule has 3 fully saturated rings. The van der Waals surface area contributed by atoms with Crippen molar-refractivity contribution in [2.24, 2.45) is 5.92 Å². The molecule has 8 nitrogen and oxygen atoms in total. The van der Waals surface area contributed by atoms with Gasteiger partial charge in [-0.25, -0.2) is 9.97 Å². The number of aromatic nitrogens is 2. The topological polar surface area (TPSA) is 101 Å². The van der Waals surface area contributed by atoms with Crippen molar-refractivity contribution in [2.45, 2.75) is 55.7 Å². The fourth-order valence-corrected chi connectivity index (χ4v) is 6.34. The number of thiophene rings is 1. The van der Waals surface area contributed by atoms with Crippen molar-refractivity contribution >= 4 is 40.5 Å². The molecule has 0 radical (unpaired) electrons. The Morgan fingerprint density at radius 2 is 2.03 bits per heavy atom. The summed E-state index contributed by atoms with van der Waals surface area (Å²) in [5.41, 5.74) is 0.741. The maximum absolute atomic E-state index is 13.7. The molecule has 4 heterocycles. The van der Waals surface area contributed by atoms with Gasteiger partial charge in [0, 0.05) is 12.7 Å². The number of rotatable bonds is 5. The standard InChI is InChI=1S/C23H25ClN4O4S/c24-14-10-28(20-16(29)11-32-21(14)20)23(31)19(13-4-2-1-3-5-13)27-22(30)18-7-6-17(33-18)15-8-9-25-12-26-15/h6-9,12-14,19-21H,1-5,10-11H2,(H,27,30)/t14-,19-,20+,21+/m0/s1. The van der Waals surface area contributed by atoms with Gasteiger partial charge in [-0.3, -0.25) is 14.4 Å². The number of carbonyl (C=O) groups excluding carboxylic acids is 3. The van der Waals surface area contributed by atoms with Gasteiger partial charge in [0.05, 0.1) is 20.8 Å². The fourth-order valence-electron chi connectivity index (χ4n) is 5.10. The van der Waals surface area contributed by atoms with Crippen LogP contribution in [0.15, 0.2) is 30.7 Å². The van der Waals surface area contributed by atoms with Crippen molar-refractivity contribution < 1.29 is 19.1 Å². The van der Waals surface area contributed by atoms with Gasteiger partial charge in [-0.15, -0.1) is 22.9 Å². The average Bonchev–Trinajstić information content (AvgIpc) is 3.56. The van der Waals surface area contributed by atoms with Crippen molar-refractivity contribution in [1.29, 1.82) is 0 Å². The van der Waals surface area contributed by atoms with Crippen LogP contribution in [0.3, 0.4) is 0 Å². The van der Waals surface area contributed by atoms with E-state index in [1.54, 1.807) is 18.3 Å². The van der Waals surface area contributed by atoms with E-state index in [-0.39, 0.29) is 36.7 Å². The second-order valence-electron chi connectivity index (χ2n) is 8.80. The van der Waals surface area contributed by atoms with E-state index < -0.39 is 23.6 Å². The second kappa shape index (κ2) is 9.48. The summed E-state index contributed by atoms with van der Waals surface area (Å²) in [6.07, 6.45) is 7.55. The fraction of sp³-hybridized carbons (Fsp3) is 0.522. The number of ether oxygens (including phenoxy) is 1. The van der Waals surface area contributed by atoms with Crippen LogP contribution in [0.4, 0.5) is 0 Å². The third kappa shape index (κ3) is 4.41. The molecule has 1 N–H and O–H groups in total. The second-order valence-corrected chi connectivity index (χ2v) is 10.4. The minimum atomic E-state index is -0.696. The van der Waals surface area contributed by atoms with Gasteiger partial charge in [0.15, 0.2) is 5.78 Å². The lowest BCUT2D eigenvalue weighted by Crippen LogP contribution is -2.55. The molecule has 0 unspecified atom stereocenters. The van der Waals surface area contributed by atoms with Crippen molar-refractivity contribution in [3.63, 3.8) is 0 Å². The molecule has 1 aliphatic carbocycles. The van der Waals surface area contributed by atoms with E-state index in [9.17, 15) is 14.4 Å². The first-order chi connectivity index (χ1) is 16.0. The maximum atomic E-state index is 13.7. The number of Topliss-reactive ketones (excluding diaryl/α,β-unsaturated/α-hetero) is 1. The molecule has 33 heavy (non-hydrogen) atoms. The predicted molar refractivity (Wildman–Crippen MR) is 123 cm³/mol. The highest BCUT2D eigenvalue weighted by Gasteiger charge is 2.53. The third-order valence-electron chi connectivity index (χ3n) is 6.74. The summed E-state index contributed by atoms with van der Waals surface area (Å²) in [6, 6.07) is 4.02. The molecule has 2 aromatic rings. The van der Waals surface area contributed by atoms with Crippen LogP contribution < -0.4 is 5.32 Å². The highest BCUT2D eigenvalue weighted by Crippen LogP contribution is 2.34. The van der Waals surface area contributed by atoms with Gasteiger partial charge in [0.2, 0.25) is 5.91 Å². The van der Waals surface area contributed by atoms with Crippen molar-refractivity contribution in [2.75, 3.05) is 13.2 Å². The molecular formula is C23H25ClN4O4S. The highest BCUT2D eigenvalue weighted by molar-refractivity contribution is 7.17. The summed E-state index contributed by atoms with van der Waals surface area (Å²) in [5, 5.41) is 2.58. The summed E-state index contributed by atoms with van der Waals surface area (Å²) < 4.78 is 5.53. The van der Waals surface area contributed by atoms with E-state index in [0.29, 0.717) is 4.88 Å². The summed E-state index contributed by atoms with van der Waals surface area (Å²) >= 11 is 7.72. The molecule has 2 amide bonds. The Balaban J connectivity index is 1.37. The number of fused-ring (bicyclic) bond motifs is 1. The van der Waals surface area contributed by atoms with Crippen LogP contribution in [-0.2, 0) is 14.3 Å². The number of hydrogen-bond acceptors (Lipinski definition) is 7. The zero-order chi connectivity index (χ0) is 22.9. The van der Waals surface area contributed by atoms with Gasteiger partial charge in [-0.1, -0.05) is 19.3 Å². The number of nitrogens with zero attached hydrogens (tertiary/aromatic N) is 3. The molecule has 1 saturated carbocycles. The first-order valence-electron chi connectivity index (χ1n) is 11.3. The van der Waals surface area contributed by atoms with Crippen LogP contribution in [0.1, 0.15) is 41.8 Å². The van der Waals surface area contributed by atoms with Crippen molar-refractivity contribution in [3.05, 3.63) is 35.6 Å². The minimum Gasteiger partial charge on any atom is -0.366 e. The molecule has 5 rings (SSSR count). The number of halogens is 1. The lowest BCUT2D eigenvalue weighted by molar-refractivity contribution is -0.139. The summed E-state index contributed by atoms with van der Waals surface area (Å²) in [5.74, 6) is -0.629. The number of hydrogen-bond donors (Lipinski definition) is 1. The average molecular weight is 489 g/mol. The van der Waals surface area contributed by atoms with Crippen molar-refractivity contribution in [3.8, 4) is 10.6 Å². The third-order valence-corrected chi connectivity index (χ3v) is 8.24. The normalized spacial score (nSPS) is 26.3. The zero-order valence-electron chi connectivity index (χ0n) is 18.0. The van der Waals surface area contributed by atoms with E-state index in [1.807, 2.05) is 6.07 Å². The van der Waals surface area contributed by atoms with E-state index in [0.717, 1.165) is 42.7 Å². The van der Waals surface area contributed by atoms with E-state index in [4.69, 9.17) is 16.3 Å². The molecule has 2 saturated heterocycles. The Morgan fingerprint density at radius 3 is 2.79 bits per heavy atom. The summed E-state index contributed by atoms with van der Waals surface area (Å²) in [6.45, 7) is 0.223. The Morgan fingerprint density at radius 1 is 1.21 bits per heavy atom. The van der Waals surface area contributed by atoms with E-state index >= 15 is 0 Å². The predicted octanol–water partition coefficient (Wildman–Crippen LogP) is 2.67. The number of likely N-dealkylation sites (tertiary alicyclic amines) is 1. The van der Waals surface area contributed by atoms with Gasteiger partial charge in [0.1, 0.15) is 31.1 Å². The molecule has 174 valence electrons. The number of ketones is 1. The van der Waals surface area contributed by atoms with Gasteiger partial charge in [-0.05, 0) is 37.0 Å². The van der Waals surface area contributed by atoms with Crippen LogP contribution >= 0.6 is 22.9 Å². The van der Waals surface area contributed by atoms with Crippen LogP contribution in [0.5, 0.6) is 0 Å². The van der Waals surface area contributed by atoms with Crippen molar-refractivity contribution in [1.82, 2.24) is 20.2 Å². The van der Waals surface area contributed by atoms with Crippen LogP contribution in [0.2, 0.25) is 0 Å². The smallest absolute Gasteiger partial charge is 0.262 e. The molecule has 10 heteroatoms. The molecule has 0 bridgehead atoms. The number of alkyl halides is 1. The van der Waals surface area contributed by atoms with E-state index in [2.05, 4.69) is 15.3 Å². The monoisotopic (exact) mass is 488 g/mol. The largest absolute Gasteiger partial charge is 0.366 e. The molecule has 3 aliphatic rings. The number of carbonyl (C=O) groups is 3. The summed E-state index contributed by atoms with van der Waals surface area (Å²) in [7, 11) is 0. The first-order valence-corrected chi connectivity index (χ1v) is 12.5. The van der Waals surface area contributed by atoms with Crippen LogP contribution in [-0.4, -0.2) is 69.2 Å². The van der Waals surface area contributed by atoms with E-state index in [1.165, 1.54) is 22.6 Å². The minimum absolute atomic E-state index is 0.0240. The Bertz CT molecular complexity index is 1040. The van der Waals surface area contributed by atoms with Crippen LogP contribution in [0, 0.1) is 5.92 Å². The highest BCUT2D eigenvalue weighted by atomic mass is 35.5. The molecule has 4 atom stereocenters.